The Morgan fingerprint density at radius 1 is 1.30 bits per heavy atom. The summed E-state index contributed by atoms with van der Waals surface area (Å²) in [6.07, 6.45) is 0. The second-order valence-electron chi connectivity index (χ2n) is 4.22. The lowest BCUT2D eigenvalue weighted by molar-refractivity contribution is 0.0751. The average Bonchev–Trinajstić information content (AvgIpc) is 2.84. The van der Waals surface area contributed by atoms with Gasteiger partial charge >= 0.3 is 0 Å². The number of carbonyl (C=O) groups is 1. The number of amides is 1. The molecule has 0 fully saturated rings. The molecule has 0 saturated heterocycles. The van der Waals surface area contributed by atoms with Crippen molar-refractivity contribution in [2.75, 3.05) is 14.2 Å². The number of nitrogens with zero attached hydrogens (tertiary/aromatic N) is 1. The van der Waals surface area contributed by atoms with E-state index >= 15 is 0 Å². The number of hydrogen-bond acceptors (Lipinski definition) is 3. The van der Waals surface area contributed by atoms with Crippen LogP contribution in [0.5, 0.6) is 5.75 Å². The quantitative estimate of drug-likeness (QED) is 0.773. The first kappa shape index (κ1) is 15.1. The predicted octanol–water partition coefficient (Wildman–Crippen LogP) is 4.09. The fourth-order valence-electron chi connectivity index (χ4n) is 1.82. The van der Waals surface area contributed by atoms with Crippen molar-refractivity contribution in [1.82, 2.24) is 4.90 Å². The SMILES string of the molecule is COc1ccc(Br)cc1CN(C)C(=O)c1ccc(Br)o1. The molecule has 0 radical (unpaired) electrons. The molecular formula is C14H13Br2NO3. The van der Waals surface area contributed by atoms with Crippen molar-refractivity contribution < 1.29 is 13.9 Å². The molecule has 0 unspecified atom stereocenters. The number of methoxy groups -OCH3 is 1. The molecule has 0 N–H and O–H groups in total. The first-order valence-electron chi connectivity index (χ1n) is 5.84. The van der Waals surface area contributed by atoms with E-state index in [0.717, 1.165) is 15.8 Å². The van der Waals surface area contributed by atoms with Crippen LogP contribution in [0.25, 0.3) is 0 Å². The second kappa shape index (κ2) is 6.45. The summed E-state index contributed by atoms with van der Waals surface area (Å²) < 4.78 is 12.0. The highest BCUT2D eigenvalue weighted by molar-refractivity contribution is 9.10. The molecule has 1 heterocycles. The van der Waals surface area contributed by atoms with Crippen molar-refractivity contribution in [3.63, 3.8) is 0 Å². The molecule has 0 spiro atoms. The van der Waals surface area contributed by atoms with Gasteiger partial charge in [-0.2, -0.15) is 0 Å². The lowest BCUT2D eigenvalue weighted by Gasteiger charge is -2.18. The van der Waals surface area contributed by atoms with Gasteiger partial charge in [0.1, 0.15) is 5.75 Å². The zero-order valence-corrected chi connectivity index (χ0v) is 14.2. The van der Waals surface area contributed by atoms with Crippen molar-refractivity contribution in [3.8, 4) is 5.75 Å². The third-order valence-corrected chi connectivity index (χ3v) is 3.70. The van der Waals surface area contributed by atoms with E-state index in [4.69, 9.17) is 9.15 Å². The van der Waals surface area contributed by atoms with Gasteiger partial charge in [0.15, 0.2) is 10.4 Å². The summed E-state index contributed by atoms with van der Waals surface area (Å²) in [5, 5.41) is 0. The highest BCUT2D eigenvalue weighted by atomic mass is 79.9. The third kappa shape index (κ3) is 3.43. The molecule has 0 aliphatic rings. The molecule has 0 atom stereocenters. The minimum atomic E-state index is -0.183. The monoisotopic (exact) mass is 401 g/mol. The van der Waals surface area contributed by atoms with Crippen molar-refractivity contribution in [2.24, 2.45) is 0 Å². The number of rotatable bonds is 4. The Morgan fingerprint density at radius 2 is 2.05 bits per heavy atom. The zero-order chi connectivity index (χ0) is 14.7. The van der Waals surface area contributed by atoms with Crippen LogP contribution in [-0.4, -0.2) is 25.0 Å². The molecule has 20 heavy (non-hydrogen) atoms. The number of furan rings is 1. The number of carbonyl (C=O) groups excluding carboxylic acids is 1. The van der Waals surface area contributed by atoms with Crippen LogP contribution < -0.4 is 4.74 Å². The smallest absolute Gasteiger partial charge is 0.289 e. The van der Waals surface area contributed by atoms with Gasteiger partial charge in [0.2, 0.25) is 0 Å². The maximum Gasteiger partial charge on any atom is 0.289 e. The fourth-order valence-corrected chi connectivity index (χ4v) is 2.53. The minimum Gasteiger partial charge on any atom is -0.496 e. The van der Waals surface area contributed by atoms with Gasteiger partial charge in [0.05, 0.1) is 7.11 Å². The Hall–Kier alpha value is -1.27. The Morgan fingerprint density at radius 3 is 2.65 bits per heavy atom. The number of ether oxygens (including phenoxy) is 1. The summed E-state index contributed by atoms with van der Waals surface area (Å²) in [5.74, 6) is 0.861. The average molecular weight is 403 g/mol. The van der Waals surface area contributed by atoms with Crippen molar-refractivity contribution in [2.45, 2.75) is 6.54 Å². The number of hydrogen-bond donors (Lipinski definition) is 0. The summed E-state index contributed by atoms with van der Waals surface area (Å²) in [5.41, 5.74) is 0.920. The highest BCUT2D eigenvalue weighted by Crippen LogP contribution is 2.25. The van der Waals surface area contributed by atoms with Gasteiger partial charge in [-0.15, -0.1) is 0 Å². The van der Waals surface area contributed by atoms with Gasteiger partial charge in [-0.1, -0.05) is 15.9 Å². The Kier molecular flexibility index (Phi) is 4.88. The van der Waals surface area contributed by atoms with Crippen molar-refractivity contribution in [3.05, 3.63) is 50.8 Å². The predicted molar refractivity (Wildman–Crippen MR) is 82.9 cm³/mol. The summed E-state index contributed by atoms with van der Waals surface area (Å²) >= 11 is 6.60. The molecule has 0 bridgehead atoms. The Labute approximate surface area is 134 Å². The standard InChI is InChI=1S/C14H13Br2NO3/c1-17(14(18)12-5-6-13(16)20-12)8-9-7-10(15)3-4-11(9)19-2/h3-7H,8H2,1-2H3. The summed E-state index contributed by atoms with van der Waals surface area (Å²) in [7, 11) is 3.33. The van der Waals surface area contributed by atoms with Gasteiger partial charge in [-0.05, 0) is 46.3 Å². The lowest BCUT2D eigenvalue weighted by Crippen LogP contribution is -2.26. The summed E-state index contributed by atoms with van der Waals surface area (Å²) in [4.78, 5) is 13.8. The number of halogens is 2. The van der Waals surface area contributed by atoms with Crippen LogP contribution in [0, 0.1) is 0 Å². The molecule has 0 aliphatic heterocycles. The van der Waals surface area contributed by atoms with E-state index in [1.54, 1.807) is 31.2 Å². The molecule has 2 rings (SSSR count). The highest BCUT2D eigenvalue weighted by Gasteiger charge is 2.17. The van der Waals surface area contributed by atoms with Crippen molar-refractivity contribution in [1.29, 1.82) is 0 Å². The Bertz CT molecular complexity index is 625. The second-order valence-corrected chi connectivity index (χ2v) is 5.92. The van der Waals surface area contributed by atoms with Crippen LogP contribution in [-0.2, 0) is 6.54 Å². The van der Waals surface area contributed by atoms with Gasteiger partial charge in [-0.3, -0.25) is 4.79 Å². The topological polar surface area (TPSA) is 42.7 Å². The van der Waals surface area contributed by atoms with Gasteiger partial charge in [0.25, 0.3) is 5.91 Å². The van der Waals surface area contributed by atoms with E-state index < -0.39 is 0 Å². The largest absolute Gasteiger partial charge is 0.496 e. The van der Waals surface area contributed by atoms with Gasteiger partial charge in [0, 0.05) is 23.6 Å². The number of benzene rings is 1. The molecule has 1 aromatic carbocycles. The lowest BCUT2D eigenvalue weighted by atomic mass is 10.2. The van der Waals surface area contributed by atoms with Crippen LogP contribution in [0.15, 0.2) is 43.9 Å². The first-order valence-corrected chi connectivity index (χ1v) is 7.43. The summed E-state index contributed by atoms with van der Waals surface area (Å²) in [6, 6.07) is 9.03. The minimum absolute atomic E-state index is 0.183. The zero-order valence-electron chi connectivity index (χ0n) is 11.0. The van der Waals surface area contributed by atoms with E-state index in [-0.39, 0.29) is 5.91 Å². The van der Waals surface area contributed by atoms with Crippen LogP contribution in [0.1, 0.15) is 16.1 Å². The van der Waals surface area contributed by atoms with E-state index in [0.29, 0.717) is 17.0 Å². The first-order chi connectivity index (χ1) is 9.51. The molecule has 1 aromatic heterocycles. The summed E-state index contributed by atoms with van der Waals surface area (Å²) in [6.45, 7) is 0.430. The van der Waals surface area contributed by atoms with Gasteiger partial charge in [-0.25, -0.2) is 0 Å². The maximum absolute atomic E-state index is 12.2. The maximum atomic E-state index is 12.2. The molecule has 2 aromatic rings. The van der Waals surface area contributed by atoms with Crippen LogP contribution in [0.2, 0.25) is 0 Å². The van der Waals surface area contributed by atoms with E-state index in [1.165, 1.54) is 0 Å². The molecule has 6 heteroatoms. The normalized spacial score (nSPS) is 10.4. The molecule has 0 aliphatic carbocycles. The van der Waals surface area contributed by atoms with Crippen LogP contribution in [0.4, 0.5) is 0 Å². The van der Waals surface area contributed by atoms with Gasteiger partial charge < -0.3 is 14.1 Å². The molecule has 1 amide bonds. The van der Waals surface area contributed by atoms with E-state index in [2.05, 4.69) is 31.9 Å². The molecule has 0 saturated carbocycles. The third-order valence-electron chi connectivity index (χ3n) is 2.78. The van der Waals surface area contributed by atoms with Crippen molar-refractivity contribution >= 4 is 37.8 Å². The molecule has 106 valence electrons. The fraction of sp³-hybridized carbons (Fsp3) is 0.214. The molecule has 4 nitrogen and oxygen atoms in total. The molecular weight excluding hydrogens is 390 g/mol. The van der Waals surface area contributed by atoms with Crippen LogP contribution >= 0.6 is 31.9 Å². The van der Waals surface area contributed by atoms with Crippen LogP contribution in [0.3, 0.4) is 0 Å². The van der Waals surface area contributed by atoms with E-state index in [1.807, 2.05) is 18.2 Å². The van der Waals surface area contributed by atoms with E-state index in [9.17, 15) is 4.79 Å². The Balaban J connectivity index is 2.17.